The Bertz CT molecular complexity index is 636. The Morgan fingerprint density at radius 3 is 3.00 bits per heavy atom. The van der Waals surface area contributed by atoms with Gasteiger partial charge in [0.15, 0.2) is 0 Å². The number of aromatic nitrogens is 3. The first-order valence-electron chi connectivity index (χ1n) is 8.55. The molecular weight excluding hydrogens is 302 g/mol. The molecule has 0 bridgehead atoms. The quantitative estimate of drug-likeness (QED) is 0.872. The van der Waals surface area contributed by atoms with Crippen molar-refractivity contribution in [2.75, 3.05) is 43.1 Å². The number of piperidine rings is 1. The predicted octanol–water partition coefficient (Wildman–Crippen LogP) is 1.76. The topological polar surface area (TPSA) is 65.4 Å². The van der Waals surface area contributed by atoms with Gasteiger partial charge in [-0.15, -0.1) is 0 Å². The second-order valence-corrected chi connectivity index (χ2v) is 6.36. The predicted molar refractivity (Wildman–Crippen MR) is 95.3 cm³/mol. The summed E-state index contributed by atoms with van der Waals surface area (Å²) in [6.45, 7) is 2.96. The van der Waals surface area contributed by atoms with E-state index in [1.807, 2.05) is 37.5 Å². The van der Waals surface area contributed by atoms with Gasteiger partial charge in [0.1, 0.15) is 18.0 Å². The van der Waals surface area contributed by atoms with Gasteiger partial charge < -0.3 is 14.9 Å². The molecule has 1 fully saturated rings. The van der Waals surface area contributed by atoms with Gasteiger partial charge in [0.2, 0.25) is 0 Å². The second-order valence-electron chi connectivity index (χ2n) is 6.36. The molecule has 3 heterocycles. The van der Waals surface area contributed by atoms with Crippen LogP contribution in [0.4, 0.5) is 11.6 Å². The Morgan fingerprint density at radius 1 is 1.29 bits per heavy atom. The van der Waals surface area contributed by atoms with Crippen molar-refractivity contribution in [3.63, 3.8) is 0 Å². The van der Waals surface area contributed by atoms with Crippen molar-refractivity contribution in [2.24, 2.45) is 5.92 Å². The number of aliphatic hydroxyl groups excluding tert-OH is 1. The largest absolute Gasteiger partial charge is 0.396 e. The molecule has 6 heteroatoms. The molecule has 0 spiro atoms. The summed E-state index contributed by atoms with van der Waals surface area (Å²) in [6.07, 6.45) is 6.53. The molecule has 2 aromatic heterocycles. The summed E-state index contributed by atoms with van der Waals surface area (Å²) in [7, 11) is 2.04. The lowest BCUT2D eigenvalue weighted by Crippen LogP contribution is -2.37. The van der Waals surface area contributed by atoms with Crippen molar-refractivity contribution < 1.29 is 5.11 Å². The molecule has 1 N–H and O–H groups in total. The van der Waals surface area contributed by atoms with Crippen LogP contribution in [0.15, 0.2) is 36.8 Å². The molecule has 0 amide bonds. The molecule has 0 aliphatic carbocycles. The summed E-state index contributed by atoms with van der Waals surface area (Å²) in [5.41, 5.74) is 1.08. The summed E-state index contributed by atoms with van der Waals surface area (Å²) in [5.74, 6) is 2.21. The van der Waals surface area contributed by atoms with Crippen molar-refractivity contribution in [3.8, 4) is 0 Å². The molecule has 24 heavy (non-hydrogen) atoms. The first-order chi connectivity index (χ1) is 11.8. The van der Waals surface area contributed by atoms with E-state index < -0.39 is 0 Å². The highest BCUT2D eigenvalue weighted by atomic mass is 16.3. The normalized spacial score (nSPS) is 17.8. The van der Waals surface area contributed by atoms with E-state index in [0.29, 0.717) is 5.92 Å². The van der Waals surface area contributed by atoms with Crippen molar-refractivity contribution in [1.82, 2.24) is 15.0 Å². The van der Waals surface area contributed by atoms with Crippen LogP contribution in [-0.2, 0) is 6.42 Å². The van der Waals surface area contributed by atoms with Crippen LogP contribution in [0.1, 0.15) is 18.5 Å². The molecule has 0 saturated carbocycles. The Morgan fingerprint density at radius 2 is 2.21 bits per heavy atom. The molecular formula is C18H25N5O. The zero-order valence-electron chi connectivity index (χ0n) is 14.2. The molecule has 128 valence electrons. The van der Waals surface area contributed by atoms with E-state index in [-0.39, 0.29) is 6.61 Å². The van der Waals surface area contributed by atoms with Crippen molar-refractivity contribution in [3.05, 3.63) is 42.5 Å². The van der Waals surface area contributed by atoms with E-state index in [0.717, 1.165) is 56.2 Å². The maximum Gasteiger partial charge on any atom is 0.134 e. The fourth-order valence-corrected chi connectivity index (χ4v) is 3.08. The lowest BCUT2D eigenvalue weighted by molar-refractivity contribution is 0.208. The van der Waals surface area contributed by atoms with Crippen LogP contribution in [0.2, 0.25) is 0 Å². The highest BCUT2D eigenvalue weighted by Crippen LogP contribution is 2.23. The van der Waals surface area contributed by atoms with Crippen LogP contribution in [0.25, 0.3) is 0 Å². The van der Waals surface area contributed by atoms with Crippen LogP contribution in [0.3, 0.4) is 0 Å². The van der Waals surface area contributed by atoms with Crippen LogP contribution >= 0.6 is 0 Å². The average molecular weight is 327 g/mol. The Balaban J connectivity index is 1.63. The molecule has 1 atom stereocenters. The second kappa shape index (κ2) is 8.06. The number of nitrogens with zero attached hydrogens (tertiary/aromatic N) is 5. The highest BCUT2D eigenvalue weighted by molar-refractivity contribution is 5.50. The van der Waals surface area contributed by atoms with Gasteiger partial charge in [0, 0.05) is 57.7 Å². The van der Waals surface area contributed by atoms with Gasteiger partial charge in [-0.25, -0.2) is 9.97 Å². The van der Waals surface area contributed by atoms with E-state index >= 15 is 0 Å². The van der Waals surface area contributed by atoms with E-state index in [9.17, 15) is 5.11 Å². The van der Waals surface area contributed by atoms with Gasteiger partial charge >= 0.3 is 0 Å². The molecule has 1 aliphatic rings. The lowest BCUT2D eigenvalue weighted by Gasteiger charge is -2.33. The highest BCUT2D eigenvalue weighted by Gasteiger charge is 2.20. The van der Waals surface area contributed by atoms with E-state index in [1.54, 1.807) is 6.33 Å². The number of rotatable bonds is 6. The number of pyridine rings is 1. The number of likely N-dealkylation sites (N-methyl/N-ethyl adjacent to an activating group) is 1. The maximum absolute atomic E-state index is 9.40. The third-order valence-electron chi connectivity index (χ3n) is 4.56. The van der Waals surface area contributed by atoms with E-state index in [4.69, 9.17) is 0 Å². The summed E-state index contributed by atoms with van der Waals surface area (Å²) < 4.78 is 0. The molecule has 0 radical (unpaired) electrons. The summed E-state index contributed by atoms with van der Waals surface area (Å²) in [5, 5.41) is 9.40. The van der Waals surface area contributed by atoms with Gasteiger partial charge in [-0.05, 0) is 30.9 Å². The fourth-order valence-electron chi connectivity index (χ4n) is 3.08. The maximum atomic E-state index is 9.40. The minimum Gasteiger partial charge on any atom is -0.396 e. The van der Waals surface area contributed by atoms with E-state index in [1.165, 1.54) is 0 Å². The number of anilines is 2. The molecule has 0 unspecified atom stereocenters. The van der Waals surface area contributed by atoms with Gasteiger partial charge in [-0.2, -0.15) is 0 Å². The monoisotopic (exact) mass is 327 g/mol. The van der Waals surface area contributed by atoms with Crippen LogP contribution < -0.4 is 9.80 Å². The first-order valence-corrected chi connectivity index (χ1v) is 8.55. The Kier molecular flexibility index (Phi) is 5.59. The standard InChI is InChI=1S/C18H25N5O/c1-22(10-7-16-6-2-3-8-19-16)17-11-18(21-14-20-17)23-9-4-5-15(12-23)13-24/h2-3,6,8,11,14-15,24H,4-5,7,9-10,12-13H2,1H3/t15-/m1/s1. The van der Waals surface area contributed by atoms with Crippen LogP contribution in [0.5, 0.6) is 0 Å². The van der Waals surface area contributed by atoms with Gasteiger partial charge in [-0.1, -0.05) is 6.07 Å². The number of aliphatic hydroxyl groups is 1. The molecule has 3 rings (SSSR count). The minimum absolute atomic E-state index is 0.248. The van der Waals surface area contributed by atoms with Crippen molar-refractivity contribution in [1.29, 1.82) is 0 Å². The summed E-state index contributed by atoms with van der Waals surface area (Å²) >= 11 is 0. The smallest absolute Gasteiger partial charge is 0.134 e. The Labute approximate surface area is 143 Å². The zero-order chi connectivity index (χ0) is 16.8. The van der Waals surface area contributed by atoms with Crippen molar-refractivity contribution in [2.45, 2.75) is 19.3 Å². The van der Waals surface area contributed by atoms with Crippen LogP contribution in [0, 0.1) is 5.92 Å². The molecule has 6 nitrogen and oxygen atoms in total. The lowest BCUT2D eigenvalue weighted by atomic mass is 9.99. The molecule has 1 aliphatic heterocycles. The van der Waals surface area contributed by atoms with E-state index in [2.05, 4.69) is 24.8 Å². The molecule has 2 aromatic rings. The third-order valence-corrected chi connectivity index (χ3v) is 4.56. The first kappa shape index (κ1) is 16.6. The van der Waals surface area contributed by atoms with Gasteiger partial charge in [0.05, 0.1) is 0 Å². The van der Waals surface area contributed by atoms with Gasteiger partial charge in [0.25, 0.3) is 0 Å². The SMILES string of the molecule is CN(CCc1ccccn1)c1cc(N2CCC[C@@H](CO)C2)ncn1. The third kappa shape index (κ3) is 4.20. The summed E-state index contributed by atoms with van der Waals surface area (Å²) in [6, 6.07) is 8.03. The zero-order valence-corrected chi connectivity index (χ0v) is 14.2. The molecule has 1 saturated heterocycles. The Hall–Kier alpha value is -2.21. The van der Waals surface area contributed by atoms with Crippen LogP contribution in [-0.4, -0.2) is 53.3 Å². The number of hydrogen-bond donors (Lipinski definition) is 1. The number of hydrogen-bond acceptors (Lipinski definition) is 6. The fraction of sp³-hybridized carbons (Fsp3) is 0.500. The van der Waals surface area contributed by atoms with Gasteiger partial charge in [-0.3, -0.25) is 4.98 Å². The minimum atomic E-state index is 0.248. The molecule has 0 aromatic carbocycles. The summed E-state index contributed by atoms with van der Waals surface area (Å²) in [4.78, 5) is 17.6. The average Bonchev–Trinajstić information content (AvgIpc) is 2.67. The van der Waals surface area contributed by atoms with Crippen molar-refractivity contribution >= 4 is 11.6 Å².